The first-order valence-corrected chi connectivity index (χ1v) is 6.92. The minimum absolute atomic E-state index is 0.0173. The van der Waals surface area contributed by atoms with Crippen molar-refractivity contribution >= 4 is 14.2 Å². The summed E-state index contributed by atoms with van der Waals surface area (Å²) in [6, 6.07) is 8.73. The summed E-state index contributed by atoms with van der Waals surface area (Å²) in [4.78, 5) is 11.3. The number of carbonyl (C=O) groups is 1. The average molecular weight is 272 g/mol. The molecule has 0 radical (unpaired) electrons. The van der Waals surface area contributed by atoms with Crippen LogP contribution in [0.4, 0.5) is 0 Å². The zero-order chi connectivity index (χ0) is 13.4. The van der Waals surface area contributed by atoms with Crippen molar-refractivity contribution in [2.75, 3.05) is 13.2 Å². The largest absolute Gasteiger partial charge is 0.466 e. The number of benzene rings is 1. The Balaban J connectivity index is 2.31. The lowest BCUT2D eigenvalue weighted by Gasteiger charge is -2.11. The van der Waals surface area contributed by atoms with Crippen LogP contribution in [0.15, 0.2) is 30.3 Å². The predicted molar refractivity (Wildman–Crippen MR) is 67.8 cm³/mol. The Morgan fingerprint density at radius 1 is 1.33 bits per heavy atom. The van der Waals surface area contributed by atoms with E-state index < -0.39 is 14.2 Å². The van der Waals surface area contributed by atoms with Crippen molar-refractivity contribution in [1.29, 1.82) is 0 Å². The number of para-hydroxylation sites is 1. The van der Waals surface area contributed by atoms with Gasteiger partial charge < -0.3 is 13.8 Å². The number of ether oxygens (including phenoxy) is 1. The molecule has 0 saturated carbocycles. The van der Waals surface area contributed by atoms with Crippen molar-refractivity contribution in [1.82, 2.24) is 0 Å². The van der Waals surface area contributed by atoms with Gasteiger partial charge in [-0.1, -0.05) is 18.2 Å². The van der Waals surface area contributed by atoms with E-state index in [0.29, 0.717) is 12.4 Å². The molecule has 0 amide bonds. The van der Waals surface area contributed by atoms with Crippen molar-refractivity contribution in [3.8, 4) is 5.75 Å². The highest BCUT2D eigenvalue weighted by Gasteiger charge is 2.15. The minimum Gasteiger partial charge on any atom is -0.466 e. The summed E-state index contributed by atoms with van der Waals surface area (Å²) in [7, 11) is -2.64. The summed E-state index contributed by atoms with van der Waals surface area (Å²) >= 11 is 0. The van der Waals surface area contributed by atoms with Crippen LogP contribution in [0.25, 0.3) is 0 Å². The molecule has 2 unspecified atom stereocenters. The Hall–Kier alpha value is -1.32. The fourth-order valence-corrected chi connectivity index (χ4v) is 1.93. The summed E-state index contributed by atoms with van der Waals surface area (Å²) < 4.78 is 26.4. The van der Waals surface area contributed by atoms with Gasteiger partial charge in [0.25, 0.3) is 0 Å². The molecule has 18 heavy (non-hydrogen) atoms. The fourth-order valence-electron chi connectivity index (χ4n) is 1.16. The maximum absolute atomic E-state index is 11.5. The third kappa shape index (κ3) is 5.34. The van der Waals surface area contributed by atoms with Crippen LogP contribution in [0.3, 0.4) is 0 Å². The lowest BCUT2D eigenvalue weighted by Crippen LogP contribution is -2.18. The van der Waals surface area contributed by atoms with Gasteiger partial charge in [0.05, 0.1) is 19.1 Å². The zero-order valence-corrected chi connectivity index (χ0v) is 11.4. The molecule has 1 aromatic carbocycles. The first-order chi connectivity index (χ1) is 8.63. The molecule has 0 saturated heterocycles. The molecule has 0 heterocycles. The maximum Gasteiger partial charge on any atom is 0.367 e. The van der Waals surface area contributed by atoms with Gasteiger partial charge in [-0.25, -0.2) is 4.57 Å². The zero-order valence-electron chi connectivity index (χ0n) is 10.4. The molecule has 6 heteroatoms. The molecular weight excluding hydrogens is 255 g/mol. The van der Waals surface area contributed by atoms with Gasteiger partial charge in [0.2, 0.25) is 0 Å². The van der Waals surface area contributed by atoms with Crippen molar-refractivity contribution < 1.29 is 23.1 Å². The van der Waals surface area contributed by atoms with Crippen molar-refractivity contribution in [3.05, 3.63) is 30.3 Å². The van der Waals surface area contributed by atoms with Crippen LogP contribution in [-0.4, -0.2) is 19.2 Å². The third-order valence-corrected chi connectivity index (χ3v) is 2.89. The summed E-state index contributed by atoms with van der Waals surface area (Å²) in [6.07, 6.45) is 0. The lowest BCUT2D eigenvalue weighted by atomic mass is 10.2. The molecular formula is C12H17O5P. The fraction of sp³-hybridized carbons (Fsp3) is 0.417. The van der Waals surface area contributed by atoms with Crippen molar-refractivity contribution in [3.63, 3.8) is 0 Å². The Bertz CT molecular complexity index is 393. The van der Waals surface area contributed by atoms with E-state index in [9.17, 15) is 9.36 Å². The van der Waals surface area contributed by atoms with Gasteiger partial charge in [-0.15, -0.1) is 0 Å². The van der Waals surface area contributed by atoms with E-state index in [-0.39, 0.29) is 12.6 Å². The van der Waals surface area contributed by atoms with E-state index in [1.165, 1.54) is 0 Å². The van der Waals surface area contributed by atoms with E-state index in [2.05, 4.69) is 0 Å². The van der Waals surface area contributed by atoms with Gasteiger partial charge in [-0.2, -0.15) is 0 Å². The molecule has 0 bridgehead atoms. The second kappa shape index (κ2) is 7.90. The first kappa shape index (κ1) is 14.7. The van der Waals surface area contributed by atoms with E-state index in [4.69, 9.17) is 13.8 Å². The lowest BCUT2D eigenvalue weighted by molar-refractivity contribution is -0.148. The van der Waals surface area contributed by atoms with Gasteiger partial charge in [-0.3, -0.25) is 4.79 Å². The number of carbonyl (C=O) groups excluding carboxylic acids is 1. The highest BCUT2D eigenvalue weighted by atomic mass is 31.1. The van der Waals surface area contributed by atoms with Gasteiger partial charge in [0, 0.05) is 0 Å². The quantitative estimate of drug-likeness (QED) is 0.564. The van der Waals surface area contributed by atoms with E-state index in [1.807, 2.05) is 6.07 Å². The second-order valence-electron chi connectivity index (χ2n) is 3.63. The Morgan fingerprint density at radius 2 is 2.00 bits per heavy atom. The summed E-state index contributed by atoms with van der Waals surface area (Å²) in [5, 5.41) is 0. The van der Waals surface area contributed by atoms with Crippen LogP contribution in [0, 0.1) is 5.92 Å². The van der Waals surface area contributed by atoms with Crippen LogP contribution in [0.2, 0.25) is 0 Å². The average Bonchev–Trinajstić information content (AvgIpc) is 2.37. The van der Waals surface area contributed by atoms with Gasteiger partial charge in [0.15, 0.2) is 0 Å². The first-order valence-electron chi connectivity index (χ1n) is 5.69. The second-order valence-corrected chi connectivity index (χ2v) is 4.62. The third-order valence-electron chi connectivity index (χ3n) is 2.08. The standard InChI is InChI=1S/C12H17O5P/c1-3-15-12(13)10(2)9-16-18(14)17-11-7-5-4-6-8-11/h4-8,10,18H,3,9H2,1-2H3. The molecule has 0 aromatic heterocycles. The minimum atomic E-state index is -2.64. The molecule has 0 spiro atoms. The molecule has 1 rings (SSSR count). The number of hydrogen-bond acceptors (Lipinski definition) is 5. The van der Waals surface area contributed by atoms with Crippen molar-refractivity contribution in [2.45, 2.75) is 13.8 Å². The Kier molecular flexibility index (Phi) is 6.47. The molecule has 0 aliphatic heterocycles. The SMILES string of the molecule is CCOC(=O)C(C)CO[PH](=O)Oc1ccccc1. The van der Waals surface area contributed by atoms with Crippen LogP contribution < -0.4 is 4.52 Å². The normalized spacial score (nSPS) is 13.7. The molecule has 5 nitrogen and oxygen atoms in total. The highest BCUT2D eigenvalue weighted by Crippen LogP contribution is 2.28. The highest BCUT2D eigenvalue weighted by molar-refractivity contribution is 7.33. The summed E-state index contributed by atoms with van der Waals surface area (Å²) in [5.41, 5.74) is 0. The smallest absolute Gasteiger partial charge is 0.367 e. The number of hydrogen-bond donors (Lipinski definition) is 0. The molecule has 0 aliphatic carbocycles. The van der Waals surface area contributed by atoms with Crippen LogP contribution in [0.5, 0.6) is 5.75 Å². The molecule has 2 atom stereocenters. The molecule has 0 aliphatic rings. The topological polar surface area (TPSA) is 61.8 Å². The predicted octanol–water partition coefficient (Wildman–Crippen LogP) is 2.67. The summed E-state index contributed by atoms with van der Waals surface area (Å²) in [5.74, 6) is -0.351. The van der Waals surface area contributed by atoms with Gasteiger partial charge >= 0.3 is 14.2 Å². The Morgan fingerprint density at radius 3 is 2.61 bits per heavy atom. The van der Waals surface area contributed by atoms with Crippen molar-refractivity contribution in [2.24, 2.45) is 5.92 Å². The molecule has 100 valence electrons. The van der Waals surface area contributed by atoms with Gasteiger partial charge in [-0.05, 0) is 26.0 Å². The van der Waals surface area contributed by atoms with Crippen LogP contribution in [-0.2, 0) is 18.6 Å². The maximum atomic E-state index is 11.5. The number of esters is 1. The number of rotatable bonds is 7. The molecule has 1 aromatic rings. The monoisotopic (exact) mass is 272 g/mol. The molecule has 0 N–H and O–H groups in total. The molecule has 0 fully saturated rings. The summed E-state index contributed by atoms with van der Waals surface area (Å²) in [6.45, 7) is 3.71. The van der Waals surface area contributed by atoms with E-state index in [1.54, 1.807) is 38.1 Å². The van der Waals surface area contributed by atoms with E-state index >= 15 is 0 Å². The Labute approximate surface area is 107 Å². The van der Waals surface area contributed by atoms with Crippen LogP contribution >= 0.6 is 8.25 Å². The van der Waals surface area contributed by atoms with Gasteiger partial charge in [0.1, 0.15) is 5.75 Å². The van der Waals surface area contributed by atoms with E-state index in [0.717, 1.165) is 0 Å². The van der Waals surface area contributed by atoms with Crippen LogP contribution in [0.1, 0.15) is 13.8 Å².